The molecule has 0 unspecified atom stereocenters. The molecule has 6 heteroatoms. The third kappa shape index (κ3) is 1.53. The van der Waals surface area contributed by atoms with Crippen LogP contribution in [-0.2, 0) is 5.54 Å². The van der Waals surface area contributed by atoms with Crippen LogP contribution in [0, 0.1) is 11.3 Å². The van der Waals surface area contributed by atoms with E-state index in [0.29, 0.717) is 6.42 Å². The Bertz CT molecular complexity index is 817. The number of nitrogens with zero attached hydrogens (tertiary/aromatic N) is 5. The predicted molar refractivity (Wildman–Crippen MR) is 72.5 cm³/mol. The van der Waals surface area contributed by atoms with Gasteiger partial charge >= 0.3 is 0 Å². The number of fused-ring (bicyclic) bond motifs is 1. The molecule has 1 fully saturated rings. The normalized spacial score (nSPS) is 16.1. The standard InChI is InChI=1S/C14H12N6/c15-5-4-14(2-3-14)20-8-10(7-19-20)12-11-1-6-16-13(11)18-9-17-12/h1,6-9H,2-4H2,(H,16,17,18). The number of rotatable bonds is 3. The Balaban J connectivity index is 1.79. The van der Waals surface area contributed by atoms with E-state index in [1.165, 1.54) is 0 Å². The molecule has 3 aromatic rings. The summed E-state index contributed by atoms with van der Waals surface area (Å²) in [5.74, 6) is 0. The molecule has 20 heavy (non-hydrogen) atoms. The Morgan fingerprint density at radius 3 is 3.10 bits per heavy atom. The molecule has 1 aliphatic carbocycles. The van der Waals surface area contributed by atoms with Crippen LogP contribution in [0.15, 0.2) is 31.0 Å². The largest absolute Gasteiger partial charge is 0.346 e. The molecule has 4 rings (SSSR count). The van der Waals surface area contributed by atoms with Crippen LogP contribution in [0.25, 0.3) is 22.3 Å². The zero-order valence-corrected chi connectivity index (χ0v) is 10.7. The minimum Gasteiger partial charge on any atom is -0.346 e. The minimum absolute atomic E-state index is 0.0860. The van der Waals surface area contributed by atoms with E-state index in [2.05, 4.69) is 26.1 Å². The summed E-state index contributed by atoms with van der Waals surface area (Å²) in [4.78, 5) is 11.6. The van der Waals surface area contributed by atoms with Crippen LogP contribution in [0.1, 0.15) is 19.3 Å². The van der Waals surface area contributed by atoms with E-state index >= 15 is 0 Å². The van der Waals surface area contributed by atoms with Gasteiger partial charge in [-0.1, -0.05) is 0 Å². The second-order valence-corrected chi connectivity index (χ2v) is 5.20. The molecule has 0 atom stereocenters. The van der Waals surface area contributed by atoms with E-state index in [0.717, 1.165) is 35.1 Å². The maximum absolute atomic E-state index is 8.92. The quantitative estimate of drug-likeness (QED) is 0.786. The topological polar surface area (TPSA) is 83.2 Å². The summed E-state index contributed by atoms with van der Waals surface area (Å²) in [6.45, 7) is 0. The lowest BCUT2D eigenvalue weighted by molar-refractivity contribution is 0.440. The van der Waals surface area contributed by atoms with Crippen LogP contribution >= 0.6 is 0 Å². The summed E-state index contributed by atoms with van der Waals surface area (Å²) in [7, 11) is 0. The van der Waals surface area contributed by atoms with Crippen LogP contribution in [-0.4, -0.2) is 24.7 Å². The third-order valence-corrected chi connectivity index (χ3v) is 3.93. The molecular weight excluding hydrogens is 252 g/mol. The van der Waals surface area contributed by atoms with Crippen molar-refractivity contribution in [1.82, 2.24) is 24.7 Å². The van der Waals surface area contributed by atoms with E-state index in [9.17, 15) is 0 Å². The van der Waals surface area contributed by atoms with Gasteiger partial charge < -0.3 is 4.98 Å². The highest BCUT2D eigenvalue weighted by molar-refractivity contribution is 5.89. The molecule has 6 nitrogen and oxygen atoms in total. The van der Waals surface area contributed by atoms with Crippen molar-refractivity contribution in [2.45, 2.75) is 24.8 Å². The molecular formula is C14H12N6. The summed E-state index contributed by atoms with van der Waals surface area (Å²) < 4.78 is 1.92. The number of hydrogen-bond donors (Lipinski definition) is 1. The number of nitriles is 1. The lowest BCUT2D eigenvalue weighted by Gasteiger charge is -2.10. The lowest BCUT2D eigenvalue weighted by Crippen LogP contribution is -2.16. The molecule has 1 aliphatic rings. The van der Waals surface area contributed by atoms with Crippen molar-refractivity contribution in [3.8, 4) is 17.3 Å². The molecule has 0 aromatic carbocycles. The van der Waals surface area contributed by atoms with Crippen LogP contribution in [0.4, 0.5) is 0 Å². The van der Waals surface area contributed by atoms with Crippen LogP contribution in [0.2, 0.25) is 0 Å². The van der Waals surface area contributed by atoms with Crippen molar-refractivity contribution in [2.24, 2.45) is 0 Å². The van der Waals surface area contributed by atoms with Gasteiger partial charge in [0.05, 0.1) is 29.9 Å². The maximum Gasteiger partial charge on any atom is 0.141 e. The zero-order chi connectivity index (χ0) is 13.6. The molecule has 1 saturated carbocycles. The zero-order valence-electron chi connectivity index (χ0n) is 10.7. The van der Waals surface area contributed by atoms with Crippen molar-refractivity contribution in [2.75, 3.05) is 0 Å². The highest BCUT2D eigenvalue weighted by Gasteiger charge is 2.45. The van der Waals surface area contributed by atoms with Crippen LogP contribution < -0.4 is 0 Å². The fourth-order valence-corrected chi connectivity index (χ4v) is 2.59. The number of H-pyrrole nitrogens is 1. The van der Waals surface area contributed by atoms with Crippen molar-refractivity contribution in [1.29, 1.82) is 5.26 Å². The predicted octanol–water partition coefficient (Wildman–Crippen LogP) is 2.22. The SMILES string of the molecule is N#CCC1(n2cc(-c3ncnc4[nH]ccc34)cn2)CC1. The Morgan fingerprint density at radius 1 is 1.40 bits per heavy atom. The van der Waals surface area contributed by atoms with Gasteiger partial charge in [-0.15, -0.1) is 0 Å². The third-order valence-electron chi connectivity index (χ3n) is 3.93. The Labute approximate surface area is 115 Å². The van der Waals surface area contributed by atoms with Gasteiger partial charge in [-0.2, -0.15) is 10.4 Å². The van der Waals surface area contributed by atoms with Crippen molar-refractivity contribution < 1.29 is 0 Å². The molecule has 0 amide bonds. The highest BCUT2D eigenvalue weighted by atomic mass is 15.3. The first-order chi connectivity index (χ1) is 9.82. The first-order valence-corrected chi connectivity index (χ1v) is 6.53. The van der Waals surface area contributed by atoms with Crippen LogP contribution in [0.3, 0.4) is 0 Å². The number of hydrogen-bond acceptors (Lipinski definition) is 4. The molecule has 98 valence electrons. The molecule has 0 saturated heterocycles. The van der Waals surface area contributed by atoms with Gasteiger partial charge in [0.2, 0.25) is 0 Å². The monoisotopic (exact) mass is 264 g/mol. The smallest absolute Gasteiger partial charge is 0.141 e. The lowest BCUT2D eigenvalue weighted by atomic mass is 10.2. The van der Waals surface area contributed by atoms with Gasteiger partial charge in [-0.25, -0.2) is 9.97 Å². The molecule has 0 spiro atoms. The molecule has 0 bridgehead atoms. The van der Waals surface area contributed by atoms with Gasteiger partial charge in [0.1, 0.15) is 12.0 Å². The second-order valence-electron chi connectivity index (χ2n) is 5.20. The van der Waals surface area contributed by atoms with Gasteiger partial charge in [-0.3, -0.25) is 4.68 Å². The Hall–Kier alpha value is -2.68. The summed E-state index contributed by atoms with van der Waals surface area (Å²) in [6.07, 6.45) is 9.75. The number of nitrogens with one attached hydrogen (secondary N) is 1. The second kappa shape index (κ2) is 3.90. The fraction of sp³-hybridized carbons (Fsp3) is 0.286. The first kappa shape index (κ1) is 11.2. The molecule has 1 N–H and O–H groups in total. The summed E-state index contributed by atoms with van der Waals surface area (Å²) >= 11 is 0. The van der Waals surface area contributed by atoms with Gasteiger partial charge in [0.15, 0.2) is 0 Å². The van der Waals surface area contributed by atoms with Gasteiger partial charge in [-0.05, 0) is 18.9 Å². The van der Waals surface area contributed by atoms with Crippen molar-refractivity contribution in [3.63, 3.8) is 0 Å². The highest BCUT2D eigenvalue weighted by Crippen LogP contribution is 2.46. The molecule has 3 aromatic heterocycles. The Kier molecular flexibility index (Phi) is 2.18. The number of aromatic nitrogens is 5. The van der Waals surface area contributed by atoms with E-state index in [1.54, 1.807) is 6.33 Å². The molecule has 3 heterocycles. The van der Waals surface area contributed by atoms with E-state index in [-0.39, 0.29) is 5.54 Å². The Morgan fingerprint density at radius 2 is 2.30 bits per heavy atom. The maximum atomic E-state index is 8.92. The number of aromatic amines is 1. The molecule has 0 radical (unpaired) electrons. The van der Waals surface area contributed by atoms with Gasteiger partial charge in [0, 0.05) is 23.3 Å². The van der Waals surface area contributed by atoms with E-state index in [4.69, 9.17) is 5.26 Å². The van der Waals surface area contributed by atoms with Gasteiger partial charge in [0.25, 0.3) is 0 Å². The minimum atomic E-state index is -0.0860. The average Bonchev–Trinajstić information content (AvgIpc) is 2.94. The average molecular weight is 264 g/mol. The fourth-order valence-electron chi connectivity index (χ4n) is 2.59. The van der Waals surface area contributed by atoms with E-state index < -0.39 is 0 Å². The van der Waals surface area contributed by atoms with Crippen LogP contribution in [0.5, 0.6) is 0 Å². The van der Waals surface area contributed by atoms with E-state index in [1.807, 2.05) is 29.3 Å². The summed E-state index contributed by atoms with van der Waals surface area (Å²) in [6, 6.07) is 4.21. The summed E-state index contributed by atoms with van der Waals surface area (Å²) in [5.41, 5.74) is 2.56. The van der Waals surface area contributed by atoms with Crippen molar-refractivity contribution in [3.05, 3.63) is 31.0 Å². The van der Waals surface area contributed by atoms with Crippen molar-refractivity contribution >= 4 is 11.0 Å². The summed E-state index contributed by atoms with van der Waals surface area (Å²) in [5, 5.41) is 14.3. The molecule has 0 aliphatic heterocycles. The first-order valence-electron chi connectivity index (χ1n) is 6.53.